The van der Waals surface area contributed by atoms with Gasteiger partial charge >= 0.3 is 0 Å². The molecule has 0 saturated carbocycles. The standard InChI is InChI=1S/C10H11FN2/c1-13-7-6-10(12-13)8-2-4-9(11)5-3-8/h2-7,10,12H,1H3. The first kappa shape index (κ1) is 8.26. The van der Waals surface area contributed by atoms with Gasteiger partial charge in [0, 0.05) is 13.2 Å². The molecule has 0 radical (unpaired) electrons. The maximum absolute atomic E-state index is 12.6. The summed E-state index contributed by atoms with van der Waals surface area (Å²) in [6.45, 7) is 0. The van der Waals surface area contributed by atoms with E-state index in [0.717, 1.165) is 5.56 Å². The van der Waals surface area contributed by atoms with Crippen molar-refractivity contribution in [3.63, 3.8) is 0 Å². The fourth-order valence-corrected chi connectivity index (χ4v) is 1.38. The number of hydrazine groups is 1. The zero-order chi connectivity index (χ0) is 9.26. The van der Waals surface area contributed by atoms with Gasteiger partial charge in [0.2, 0.25) is 0 Å². The van der Waals surface area contributed by atoms with Gasteiger partial charge < -0.3 is 5.01 Å². The third kappa shape index (κ3) is 1.70. The molecule has 0 bridgehead atoms. The van der Waals surface area contributed by atoms with Gasteiger partial charge in [-0.15, -0.1) is 0 Å². The zero-order valence-corrected chi connectivity index (χ0v) is 7.37. The lowest BCUT2D eigenvalue weighted by Crippen LogP contribution is -2.26. The topological polar surface area (TPSA) is 15.3 Å². The Morgan fingerprint density at radius 2 is 2.00 bits per heavy atom. The predicted molar refractivity (Wildman–Crippen MR) is 49.2 cm³/mol. The molecular formula is C10H11FN2. The second kappa shape index (κ2) is 3.18. The molecule has 1 aromatic rings. The Kier molecular flexibility index (Phi) is 2.02. The lowest BCUT2D eigenvalue weighted by molar-refractivity contribution is 0.333. The predicted octanol–water partition coefficient (Wildman–Crippen LogP) is 1.83. The molecule has 1 atom stereocenters. The van der Waals surface area contributed by atoms with E-state index in [1.54, 1.807) is 12.1 Å². The highest BCUT2D eigenvalue weighted by Crippen LogP contribution is 2.18. The van der Waals surface area contributed by atoms with Crippen molar-refractivity contribution >= 4 is 0 Å². The molecule has 1 aliphatic rings. The van der Waals surface area contributed by atoms with E-state index in [1.807, 2.05) is 24.3 Å². The Morgan fingerprint density at radius 1 is 1.31 bits per heavy atom. The minimum absolute atomic E-state index is 0.172. The largest absolute Gasteiger partial charge is 0.318 e. The SMILES string of the molecule is CN1C=CC(c2ccc(F)cc2)N1. The Labute approximate surface area is 76.6 Å². The third-order valence-electron chi connectivity index (χ3n) is 2.07. The third-order valence-corrected chi connectivity index (χ3v) is 2.07. The van der Waals surface area contributed by atoms with E-state index in [-0.39, 0.29) is 11.9 Å². The molecule has 0 aliphatic carbocycles. The highest BCUT2D eigenvalue weighted by Gasteiger charge is 2.13. The van der Waals surface area contributed by atoms with E-state index in [0.29, 0.717) is 0 Å². The molecule has 1 heterocycles. The molecule has 68 valence electrons. The summed E-state index contributed by atoms with van der Waals surface area (Å²) >= 11 is 0. The summed E-state index contributed by atoms with van der Waals surface area (Å²) in [5, 5.41) is 1.88. The first-order chi connectivity index (χ1) is 6.25. The highest BCUT2D eigenvalue weighted by atomic mass is 19.1. The van der Waals surface area contributed by atoms with E-state index >= 15 is 0 Å². The fourth-order valence-electron chi connectivity index (χ4n) is 1.38. The van der Waals surface area contributed by atoms with Crippen molar-refractivity contribution in [2.45, 2.75) is 6.04 Å². The molecule has 3 heteroatoms. The van der Waals surface area contributed by atoms with Gasteiger partial charge in [-0.3, -0.25) is 0 Å². The molecule has 2 rings (SSSR count). The van der Waals surface area contributed by atoms with Crippen LogP contribution in [0.1, 0.15) is 11.6 Å². The van der Waals surface area contributed by atoms with Crippen molar-refractivity contribution < 1.29 is 4.39 Å². The van der Waals surface area contributed by atoms with Crippen LogP contribution in [0.25, 0.3) is 0 Å². The average Bonchev–Trinajstić information content (AvgIpc) is 2.53. The van der Waals surface area contributed by atoms with E-state index < -0.39 is 0 Å². The lowest BCUT2D eigenvalue weighted by atomic mass is 10.1. The van der Waals surface area contributed by atoms with Crippen LogP contribution < -0.4 is 5.43 Å². The summed E-state index contributed by atoms with van der Waals surface area (Å²) in [6, 6.07) is 6.70. The van der Waals surface area contributed by atoms with Crippen LogP contribution in [0.15, 0.2) is 36.5 Å². The summed E-state index contributed by atoms with van der Waals surface area (Å²) in [5.74, 6) is -0.195. The van der Waals surface area contributed by atoms with Gasteiger partial charge in [-0.2, -0.15) is 0 Å². The zero-order valence-electron chi connectivity index (χ0n) is 7.37. The molecule has 1 aromatic carbocycles. The Bertz CT molecular complexity index is 318. The monoisotopic (exact) mass is 178 g/mol. The van der Waals surface area contributed by atoms with Crippen molar-refractivity contribution in [2.24, 2.45) is 0 Å². The molecular weight excluding hydrogens is 167 g/mol. The van der Waals surface area contributed by atoms with Crippen LogP contribution in [0.2, 0.25) is 0 Å². The van der Waals surface area contributed by atoms with Crippen molar-refractivity contribution in [1.29, 1.82) is 0 Å². The molecule has 0 amide bonds. The molecule has 1 aliphatic heterocycles. The van der Waals surface area contributed by atoms with E-state index in [1.165, 1.54) is 12.1 Å². The average molecular weight is 178 g/mol. The van der Waals surface area contributed by atoms with Gasteiger partial charge in [-0.1, -0.05) is 12.1 Å². The van der Waals surface area contributed by atoms with Gasteiger partial charge in [0.05, 0.1) is 6.04 Å². The Hall–Kier alpha value is -1.35. The Balaban J connectivity index is 2.18. The van der Waals surface area contributed by atoms with Gasteiger partial charge in [0.1, 0.15) is 5.82 Å². The van der Waals surface area contributed by atoms with Crippen LogP contribution in [-0.4, -0.2) is 12.1 Å². The van der Waals surface area contributed by atoms with Crippen molar-refractivity contribution in [2.75, 3.05) is 7.05 Å². The van der Waals surface area contributed by atoms with E-state index in [4.69, 9.17) is 0 Å². The van der Waals surface area contributed by atoms with Crippen molar-refractivity contribution in [1.82, 2.24) is 10.4 Å². The molecule has 13 heavy (non-hydrogen) atoms. The van der Waals surface area contributed by atoms with Crippen LogP contribution in [-0.2, 0) is 0 Å². The minimum Gasteiger partial charge on any atom is -0.318 e. The van der Waals surface area contributed by atoms with Gasteiger partial charge in [-0.25, -0.2) is 9.82 Å². The molecule has 0 fully saturated rings. The minimum atomic E-state index is -0.195. The maximum atomic E-state index is 12.6. The van der Waals surface area contributed by atoms with E-state index in [2.05, 4.69) is 5.43 Å². The lowest BCUT2D eigenvalue weighted by Gasteiger charge is -2.14. The summed E-state index contributed by atoms with van der Waals surface area (Å²) in [5.41, 5.74) is 4.26. The molecule has 1 N–H and O–H groups in total. The van der Waals surface area contributed by atoms with Gasteiger partial charge in [-0.05, 0) is 23.8 Å². The second-order valence-corrected chi connectivity index (χ2v) is 3.11. The fraction of sp³-hybridized carbons (Fsp3) is 0.200. The van der Waals surface area contributed by atoms with Gasteiger partial charge in [0.25, 0.3) is 0 Å². The number of benzene rings is 1. The molecule has 0 spiro atoms. The number of hydrogen-bond donors (Lipinski definition) is 1. The number of rotatable bonds is 1. The van der Waals surface area contributed by atoms with Crippen LogP contribution in [0.5, 0.6) is 0 Å². The normalized spacial score (nSPS) is 21.1. The van der Waals surface area contributed by atoms with Crippen LogP contribution >= 0.6 is 0 Å². The summed E-state index contributed by atoms with van der Waals surface area (Å²) < 4.78 is 12.6. The molecule has 0 saturated heterocycles. The summed E-state index contributed by atoms with van der Waals surface area (Å²) in [6.07, 6.45) is 3.99. The second-order valence-electron chi connectivity index (χ2n) is 3.11. The van der Waals surface area contributed by atoms with Crippen molar-refractivity contribution in [3.8, 4) is 0 Å². The quantitative estimate of drug-likeness (QED) is 0.705. The molecule has 0 aromatic heterocycles. The molecule has 2 nitrogen and oxygen atoms in total. The molecule has 1 unspecified atom stereocenters. The first-order valence-electron chi connectivity index (χ1n) is 4.18. The van der Waals surface area contributed by atoms with Crippen LogP contribution in [0, 0.1) is 5.82 Å². The van der Waals surface area contributed by atoms with Crippen LogP contribution in [0.4, 0.5) is 4.39 Å². The Morgan fingerprint density at radius 3 is 2.54 bits per heavy atom. The number of halogens is 1. The number of nitrogens with one attached hydrogen (secondary N) is 1. The smallest absolute Gasteiger partial charge is 0.123 e. The summed E-state index contributed by atoms with van der Waals surface area (Å²) in [7, 11) is 1.93. The maximum Gasteiger partial charge on any atom is 0.123 e. The number of hydrogen-bond acceptors (Lipinski definition) is 2. The number of nitrogens with zero attached hydrogens (tertiary/aromatic N) is 1. The van der Waals surface area contributed by atoms with Gasteiger partial charge in [0.15, 0.2) is 0 Å². The highest BCUT2D eigenvalue weighted by molar-refractivity contribution is 5.24. The van der Waals surface area contributed by atoms with Crippen LogP contribution in [0.3, 0.4) is 0 Å². The van der Waals surface area contributed by atoms with E-state index in [9.17, 15) is 4.39 Å². The summed E-state index contributed by atoms with van der Waals surface area (Å²) in [4.78, 5) is 0. The first-order valence-corrected chi connectivity index (χ1v) is 4.18. The van der Waals surface area contributed by atoms with Crippen molar-refractivity contribution in [3.05, 3.63) is 47.9 Å².